The lowest BCUT2D eigenvalue weighted by Gasteiger charge is -2.50. The number of carbonyl (C=O) groups is 1. The van der Waals surface area contributed by atoms with E-state index in [1.54, 1.807) is 0 Å². The van der Waals surface area contributed by atoms with E-state index in [9.17, 15) is 35.4 Å². The first-order valence-electron chi connectivity index (χ1n) is 14.7. The van der Waals surface area contributed by atoms with Crippen molar-refractivity contribution >= 4 is 5.91 Å². The average molecular weight is 626 g/mol. The van der Waals surface area contributed by atoms with Crippen LogP contribution in [0.25, 0.3) is 0 Å². The summed E-state index contributed by atoms with van der Waals surface area (Å²) in [5.74, 6) is -0.760. The highest BCUT2D eigenvalue weighted by Gasteiger charge is 2.52. The molecule has 2 saturated heterocycles. The third-order valence-electron chi connectivity index (χ3n) is 8.27. The van der Waals surface area contributed by atoms with Crippen LogP contribution >= 0.6 is 0 Å². The second-order valence-corrected chi connectivity index (χ2v) is 11.5. The number of hydrogen-bond acceptors (Lipinski definition) is 17. The number of ether oxygens (including phenoxy) is 4. The van der Waals surface area contributed by atoms with Gasteiger partial charge in [0.15, 0.2) is 12.6 Å². The molecule has 1 saturated carbocycles. The SMILES string of the molecule is NCC[C@H](O)C(=O)N[C@@H]1C[C@H](N)C(O[C@@H]2OC(CN)CCC2N)C(NC(CO)CO)[C@@H]1O[C@@H]1OC(CO)[C@H](O)[C@H](N)C1O. The van der Waals surface area contributed by atoms with Crippen molar-refractivity contribution in [3.63, 3.8) is 0 Å². The first-order valence-corrected chi connectivity index (χ1v) is 14.7. The normalized spacial score (nSPS) is 41.3. The van der Waals surface area contributed by atoms with Crippen LogP contribution in [0.1, 0.15) is 25.7 Å². The highest BCUT2D eigenvalue weighted by atomic mass is 16.7. The molecule has 2 aliphatic heterocycles. The predicted molar refractivity (Wildman–Crippen MR) is 149 cm³/mol. The molecule has 3 rings (SSSR count). The van der Waals surface area contributed by atoms with Crippen molar-refractivity contribution in [1.29, 1.82) is 0 Å². The molecule has 0 aromatic heterocycles. The molecule has 0 bridgehead atoms. The highest BCUT2D eigenvalue weighted by Crippen LogP contribution is 2.32. The summed E-state index contributed by atoms with van der Waals surface area (Å²) >= 11 is 0. The van der Waals surface area contributed by atoms with Crippen molar-refractivity contribution in [2.75, 3.05) is 32.9 Å². The van der Waals surface area contributed by atoms with Crippen molar-refractivity contribution < 1.29 is 54.4 Å². The van der Waals surface area contributed by atoms with Gasteiger partial charge in [-0.25, -0.2) is 0 Å². The topological polar surface area (TPSA) is 330 Å². The Morgan fingerprint density at radius 1 is 0.930 bits per heavy atom. The molecule has 14 atom stereocenters. The fraction of sp³-hybridized carbons (Fsp3) is 0.960. The third-order valence-corrected chi connectivity index (χ3v) is 8.27. The van der Waals surface area contributed by atoms with Crippen LogP contribution in [0.3, 0.4) is 0 Å². The van der Waals surface area contributed by atoms with Gasteiger partial charge in [-0.2, -0.15) is 0 Å². The Kier molecular flexibility index (Phi) is 14.3. The molecule has 1 aliphatic carbocycles. The molecular weight excluding hydrogens is 574 g/mol. The molecule has 18 N–H and O–H groups in total. The zero-order valence-electron chi connectivity index (χ0n) is 24.1. The lowest BCUT2D eigenvalue weighted by atomic mass is 9.81. The second kappa shape index (κ2) is 16.9. The Bertz CT molecular complexity index is 847. The molecule has 6 unspecified atom stereocenters. The number of hydrogen-bond donors (Lipinski definition) is 13. The number of carbonyl (C=O) groups excluding carboxylic acids is 1. The van der Waals surface area contributed by atoms with Gasteiger partial charge in [0, 0.05) is 12.6 Å². The monoisotopic (exact) mass is 625 g/mol. The molecule has 3 aliphatic rings. The van der Waals surface area contributed by atoms with Crippen LogP contribution in [0.15, 0.2) is 0 Å². The van der Waals surface area contributed by atoms with Gasteiger partial charge >= 0.3 is 0 Å². The van der Waals surface area contributed by atoms with Crippen LogP contribution in [0.5, 0.6) is 0 Å². The van der Waals surface area contributed by atoms with Crippen molar-refractivity contribution in [3.05, 3.63) is 0 Å². The Hall–Kier alpha value is -1.17. The van der Waals surface area contributed by atoms with Crippen LogP contribution < -0.4 is 39.3 Å². The van der Waals surface area contributed by atoms with Crippen molar-refractivity contribution in [2.24, 2.45) is 28.7 Å². The van der Waals surface area contributed by atoms with E-state index in [0.717, 1.165) is 0 Å². The van der Waals surface area contributed by atoms with E-state index in [-0.39, 0.29) is 32.0 Å². The number of aliphatic hydroxyl groups excluding tert-OH is 6. The van der Waals surface area contributed by atoms with Gasteiger partial charge in [0.05, 0.1) is 68.3 Å². The summed E-state index contributed by atoms with van der Waals surface area (Å²) < 4.78 is 24.2. The molecule has 18 heteroatoms. The van der Waals surface area contributed by atoms with Gasteiger partial charge in [-0.3, -0.25) is 4.79 Å². The van der Waals surface area contributed by atoms with Gasteiger partial charge in [0.1, 0.15) is 24.4 Å². The van der Waals surface area contributed by atoms with Crippen LogP contribution in [0.2, 0.25) is 0 Å². The number of rotatable bonds is 14. The number of amides is 1. The van der Waals surface area contributed by atoms with Crippen molar-refractivity contribution in [3.8, 4) is 0 Å². The minimum absolute atomic E-state index is 0.0186. The molecule has 1 amide bonds. The van der Waals surface area contributed by atoms with Crippen LogP contribution in [-0.2, 0) is 23.7 Å². The Morgan fingerprint density at radius 2 is 1.60 bits per heavy atom. The highest BCUT2D eigenvalue weighted by molar-refractivity contribution is 5.80. The summed E-state index contributed by atoms with van der Waals surface area (Å²) in [5.41, 5.74) is 30.2. The Morgan fingerprint density at radius 3 is 2.21 bits per heavy atom. The predicted octanol–water partition coefficient (Wildman–Crippen LogP) is -7.45. The largest absolute Gasteiger partial charge is 0.395 e. The van der Waals surface area contributed by atoms with E-state index < -0.39 is 111 Å². The van der Waals surface area contributed by atoms with Gasteiger partial charge in [-0.05, 0) is 32.2 Å². The number of nitrogens with one attached hydrogen (secondary N) is 2. The molecule has 3 fully saturated rings. The number of nitrogens with two attached hydrogens (primary N) is 5. The number of aliphatic hydroxyl groups is 6. The molecule has 18 nitrogen and oxygen atoms in total. The van der Waals surface area contributed by atoms with E-state index in [2.05, 4.69) is 10.6 Å². The molecule has 0 radical (unpaired) electrons. The van der Waals surface area contributed by atoms with E-state index in [4.69, 9.17) is 47.6 Å². The summed E-state index contributed by atoms with van der Waals surface area (Å²) in [6.07, 6.45) is -9.29. The van der Waals surface area contributed by atoms with Gasteiger partial charge in [0.25, 0.3) is 0 Å². The van der Waals surface area contributed by atoms with Crippen molar-refractivity contribution in [2.45, 2.75) is 117 Å². The van der Waals surface area contributed by atoms with Crippen LogP contribution in [-0.4, -0.2) is 161 Å². The Labute approximate surface area is 250 Å². The van der Waals surface area contributed by atoms with E-state index in [1.165, 1.54) is 0 Å². The summed E-state index contributed by atoms with van der Waals surface area (Å²) in [6.45, 7) is -1.36. The minimum Gasteiger partial charge on any atom is -0.395 e. The maximum absolute atomic E-state index is 12.9. The van der Waals surface area contributed by atoms with E-state index >= 15 is 0 Å². The maximum Gasteiger partial charge on any atom is 0.249 e. The first kappa shape index (κ1) is 36.3. The maximum atomic E-state index is 12.9. The quantitative estimate of drug-likeness (QED) is 0.0852. The second-order valence-electron chi connectivity index (χ2n) is 11.5. The van der Waals surface area contributed by atoms with Gasteiger partial charge < -0.3 is 88.9 Å². The lowest BCUT2D eigenvalue weighted by molar-refractivity contribution is -0.303. The molecule has 0 aromatic rings. The molecule has 0 spiro atoms. The van der Waals surface area contributed by atoms with Crippen LogP contribution in [0.4, 0.5) is 0 Å². The molecule has 0 aromatic carbocycles. The smallest absolute Gasteiger partial charge is 0.249 e. The van der Waals surface area contributed by atoms with Gasteiger partial charge in [-0.15, -0.1) is 0 Å². The molecule has 43 heavy (non-hydrogen) atoms. The van der Waals surface area contributed by atoms with Gasteiger partial charge in [-0.1, -0.05) is 0 Å². The average Bonchev–Trinajstić information content (AvgIpc) is 2.99. The summed E-state index contributed by atoms with van der Waals surface area (Å²) in [7, 11) is 0. The summed E-state index contributed by atoms with van der Waals surface area (Å²) in [4.78, 5) is 12.9. The molecule has 2 heterocycles. The van der Waals surface area contributed by atoms with Gasteiger partial charge in [0.2, 0.25) is 5.91 Å². The molecule has 252 valence electrons. The summed E-state index contributed by atoms with van der Waals surface area (Å²) in [6, 6.07) is -5.48. The fourth-order valence-electron chi connectivity index (χ4n) is 5.68. The third kappa shape index (κ3) is 8.97. The van der Waals surface area contributed by atoms with E-state index in [0.29, 0.717) is 12.8 Å². The molecular formula is C25H51N7O11. The standard InChI is InChI=1S/C25H51N7O11/c26-4-3-15(36)23(39)32-14-5-13(29)21(42-24-12(28)2-1-11(6-27)40-24)18(31-10(7-33)8-34)22(14)43-25-20(38)17(30)19(37)16(9-35)41-25/h10-22,24-25,31,33-38H,1-9,26-30H2,(H,32,39)/t11?,12?,13-,14+,15-,16?,17-,18?,19-,20?,21?,22+,24-,25-/m0/s1. The first-order chi connectivity index (χ1) is 20.5. The lowest BCUT2D eigenvalue weighted by Crippen LogP contribution is -2.72. The fourth-order valence-corrected chi connectivity index (χ4v) is 5.68. The Balaban J connectivity index is 1.99. The van der Waals surface area contributed by atoms with Crippen molar-refractivity contribution in [1.82, 2.24) is 10.6 Å². The minimum atomic E-state index is -1.57. The zero-order valence-corrected chi connectivity index (χ0v) is 24.1. The van der Waals surface area contributed by atoms with E-state index in [1.807, 2.05) is 0 Å². The zero-order chi connectivity index (χ0) is 31.8. The summed E-state index contributed by atoms with van der Waals surface area (Å²) in [5, 5.41) is 66.8. The van der Waals surface area contributed by atoms with Crippen LogP contribution in [0, 0.1) is 0 Å².